The molecular formula is C17H17FN2O2S2. The zero-order chi connectivity index (χ0) is 16.9. The zero-order valence-electron chi connectivity index (χ0n) is 13.2. The molecule has 126 valence electrons. The minimum atomic E-state index is -0.313. The fourth-order valence-electron chi connectivity index (χ4n) is 2.39. The maximum atomic E-state index is 14.2. The van der Waals surface area contributed by atoms with Crippen LogP contribution in [0, 0.1) is 5.82 Å². The number of rotatable bonds is 6. The number of para-hydroxylation sites is 1. The van der Waals surface area contributed by atoms with Gasteiger partial charge in [0, 0.05) is 18.0 Å². The average Bonchev–Trinajstić information content (AvgIpc) is 3.16. The van der Waals surface area contributed by atoms with E-state index in [1.165, 1.54) is 28.7 Å². The molecule has 0 spiro atoms. The molecule has 1 aromatic carbocycles. The van der Waals surface area contributed by atoms with Gasteiger partial charge in [0.25, 0.3) is 5.91 Å². The van der Waals surface area contributed by atoms with E-state index in [1.54, 1.807) is 10.6 Å². The lowest BCUT2D eigenvalue weighted by Crippen LogP contribution is -2.20. The molecule has 4 nitrogen and oxygen atoms in total. The summed E-state index contributed by atoms with van der Waals surface area (Å²) in [6, 6.07) is 8.74. The molecule has 24 heavy (non-hydrogen) atoms. The van der Waals surface area contributed by atoms with Crippen molar-refractivity contribution < 1.29 is 13.9 Å². The number of fused-ring (bicyclic) bond motifs is 1. The summed E-state index contributed by atoms with van der Waals surface area (Å²) < 4.78 is 22.1. The molecule has 3 aromatic rings. The summed E-state index contributed by atoms with van der Waals surface area (Å²) in [5.41, 5.74) is 0.477. The van der Waals surface area contributed by atoms with Crippen molar-refractivity contribution in [2.24, 2.45) is 4.99 Å². The predicted octanol–water partition coefficient (Wildman–Crippen LogP) is 3.61. The number of benzene rings is 1. The maximum Gasteiger partial charge on any atom is 0.253 e. The van der Waals surface area contributed by atoms with Crippen molar-refractivity contribution in [3.63, 3.8) is 0 Å². The van der Waals surface area contributed by atoms with Gasteiger partial charge in [-0.2, -0.15) is 4.99 Å². The Hall–Kier alpha value is -1.83. The van der Waals surface area contributed by atoms with Crippen molar-refractivity contribution in [1.82, 2.24) is 4.57 Å². The largest absolute Gasteiger partial charge is 0.380 e. The van der Waals surface area contributed by atoms with E-state index < -0.39 is 0 Å². The molecule has 0 bridgehead atoms. The van der Waals surface area contributed by atoms with Crippen molar-refractivity contribution in [3.8, 4) is 0 Å². The fourth-order valence-corrected chi connectivity index (χ4v) is 4.17. The van der Waals surface area contributed by atoms with Gasteiger partial charge in [-0.05, 0) is 30.5 Å². The first-order valence-corrected chi connectivity index (χ1v) is 9.34. The van der Waals surface area contributed by atoms with Crippen LogP contribution in [0.15, 0.2) is 40.7 Å². The molecule has 0 fully saturated rings. The lowest BCUT2D eigenvalue weighted by molar-refractivity contribution is -0.117. The molecule has 2 aromatic heterocycles. The maximum absolute atomic E-state index is 14.2. The van der Waals surface area contributed by atoms with E-state index in [1.807, 2.05) is 30.5 Å². The van der Waals surface area contributed by atoms with E-state index in [9.17, 15) is 9.18 Å². The fraction of sp³-hybridized carbons (Fsp3) is 0.294. The van der Waals surface area contributed by atoms with Crippen molar-refractivity contribution in [2.75, 3.05) is 13.2 Å². The van der Waals surface area contributed by atoms with Gasteiger partial charge in [-0.3, -0.25) is 4.79 Å². The Morgan fingerprint density at radius 3 is 2.96 bits per heavy atom. The number of thiazole rings is 1. The van der Waals surface area contributed by atoms with E-state index in [0.717, 1.165) is 9.58 Å². The van der Waals surface area contributed by atoms with Crippen LogP contribution in [-0.4, -0.2) is 23.7 Å². The van der Waals surface area contributed by atoms with Gasteiger partial charge in [0.05, 0.1) is 23.2 Å². The number of halogens is 1. The van der Waals surface area contributed by atoms with Gasteiger partial charge < -0.3 is 9.30 Å². The van der Waals surface area contributed by atoms with Gasteiger partial charge >= 0.3 is 0 Å². The number of amides is 1. The molecule has 0 unspecified atom stereocenters. The number of carbonyl (C=O) groups is 1. The summed E-state index contributed by atoms with van der Waals surface area (Å²) in [6.45, 7) is 3.41. The van der Waals surface area contributed by atoms with Gasteiger partial charge in [0.1, 0.15) is 5.82 Å². The SMILES string of the molecule is CCOCCn1c(=NC(=O)Cc2cccs2)sc2cccc(F)c21. The van der Waals surface area contributed by atoms with Gasteiger partial charge in [-0.15, -0.1) is 11.3 Å². The third kappa shape index (κ3) is 3.80. The molecular weight excluding hydrogens is 347 g/mol. The highest BCUT2D eigenvalue weighted by Gasteiger charge is 2.12. The van der Waals surface area contributed by atoms with Gasteiger partial charge in [-0.25, -0.2) is 4.39 Å². The zero-order valence-corrected chi connectivity index (χ0v) is 14.8. The van der Waals surface area contributed by atoms with Crippen LogP contribution in [0.4, 0.5) is 4.39 Å². The quantitative estimate of drug-likeness (QED) is 0.627. The first-order chi connectivity index (χ1) is 11.7. The highest BCUT2D eigenvalue weighted by atomic mass is 32.1. The summed E-state index contributed by atoms with van der Waals surface area (Å²) in [5.74, 6) is -0.540. The summed E-state index contributed by atoms with van der Waals surface area (Å²) in [5, 5.41) is 1.93. The molecule has 0 aliphatic heterocycles. The molecule has 0 N–H and O–H groups in total. The summed E-state index contributed by atoms with van der Waals surface area (Å²) in [7, 11) is 0. The van der Waals surface area contributed by atoms with E-state index in [0.29, 0.717) is 30.1 Å². The second-order valence-corrected chi connectivity index (χ2v) is 7.12. The molecule has 0 atom stereocenters. The van der Waals surface area contributed by atoms with Crippen LogP contribution in [0.5, 0.6) is 0 Å². The number of carbonyl (C=O) groups excluding carboxylic acids is 1. The molecule has 0 saturated carbocycles. The minimum absolute atomic E-state index is 0.227. The van der Waals surface area contributed by atoms with Gasteiger partial charge in [0.15, 0.2) is 4.80 Å². The van der Waals surface area contributed by atoms with Crippen molar-refractivity contribution in [1.29, 1.82) is 0 Å². The van der Waals surface area contributed by atoms with Crippen LogP contribution in [0.25, 0.3) is 10.2 Å². The van der Waals surface area contributed by atoms with Crippen LogP contribution in [0.1, 0.15) is 11.8 Å². The Balaban J connectivity index is 1.99. The van der Waals surface area contributed by atoms with Gasteiger partial charge in [-0.1, -0.05) is 23.5 Å². The molecule has 0 saturated heterocycles. The Labute approximate surface area is 146 Å². The number of aromatic nitrogens is 1. The smallest absolute Gasteiger partial charge is 0.253 e. The summed E-state index contributed by atoms with van der Waals surface area (Å²) >= 11 is 2.85. The normalized spacial score (nSPS) is 12.2. The number of ether oxygens (including phenoxy) is 1. The highest BCUT2D eigenvalue weighted by molar-refractivity contribution is 7.16. The number of nitrogens with zero attached hydrogens (tertiary/aromatic N) is 2. The van der Waals surface area contributed by atoms with Crippen LogP contribution >= 0.6 is 22.7 Å². The Bertz CT molecular complexity index is 897. The number of thiophene rings is 1. The van der Waals surface area contributed by atoms with Crippen LogP contribution in [-0.2, 0) is 22.5 Å². The van der Waals surface area contributed by atoms with Crippen molar-refractivity contribution >= 4 is 38.8 Å². The molecule has 2 heterocycles. The molecule has 0 aliphatic rings. The second kappa shape index (κ2) is 7.83. The average molecular weight is 364 g/mol. The second-order valence-electron chi connectivity index (χ2n) is 5.08. The van der Waals surface area contributed by atoms with Crippen molar-refractivity contribution in [2.45, 2.75) is 19.9 Å². The van der Waals surface area contributed by atoms with E-state index in [2.05, 4.69) is 4.99 Å². The van der Waals surface area contributed by atoms with Crippen LogP contribution in [0.3, 0.4) is 0 Å². The Kier molecular flexibility index (Phi) is 5.55. The standard InChI is InChI=1S/C17H17FN2O2S2/c1-2-22-9-8-20-16-13(18)6-3-7-14(16)24-17(20)19-15(21)11-12-5-4-10-23-12/h3-7,10H,2,8-9,11H2,1H3. The highest BCUT2D eigenvalue weighted by Crippen LogP contribution is 2.20. The number of hydrogen-bond acceptors (Lipinski definition) is 4. The third-order valence-electron chi connectivity index (χ3n) is 3.44. The Morgan fingerprint density at radius 1 is 1.33 bits per heavy atom. The topological polar surface area (TPSA) is 43.6 Å². The van der Waals surface area contributed by atoms with E-state index in [4.69, 9.17) is 4.74 Å². The molecule has 3 rings (SSSR count). The summed E-state index contributed by atoms with van der Waals surface area (Å²) in [6.07, 6.45) is 0.264. The first-order valence-electron chi connectivity index (χ1n) is 7.64. The first kappa shape index (κ1) is 17.0. The summed E-state index contributed by atoms with van der Waals surface area (Å²) in [4.78, 5) is 17.9. The van der Waals surface area contributed by atoms with Crippen LogP contribution in [0.2, 0.25) is 0 Å². The van der Waals surface area contributed by atoms with Crippen molar-refractivity contribution in [3.05, 3.63) is 51.2 Å². The monoisotopic (exact) mass is 364 g/mol. The predicted molar refractivity (Wildman–Crippen MR) is 94.9 cm³/mol. The van der Waals surface area contributed by atoms with E-state index >= 15 is 0 Å². The number of hydrogen-bond donors (Lipinski definition) is 0. The van der Waals surface area contributed by atoms with Crippen LogP contribution < -0.4 is 4.80 Å². The molecule has 7 heteroatoms. The lowest BCUT2D eigenvalue weighted by atomic mass is 10.3. The molecule has 0 radical (unpaired) electrons. The van der Waals surface area contributed by atoms with E-state index in [-0.39, 0.29) is 18.1 Å². The molecule has 0 aliphatic carbocycles. The Morgan fingerprint density at radius 2 is 2.21 bits per heavy atom. The minimum Gasteiger partial charge on any atom is -0.380 e. The van der Waals surface area contributed by atoms with Gasteiger partial charge in [0.2, 0.25) is 0 Å². The lowest BCUT2D eigenvalue weighted by Gasteiger charge is -2.05. The molecule has 1 amide bonds. The third-order valence-corrected chi connectivity index (χ3v) is 5.36.